The Balaban J connectivity index is 1.92. The number of aliphatic hydroxyl groups excluding tert-OH is 1. The van der Waals surface area contributed by atoms with Crippen LogP contribution >= 0.6 is 0 Å². The molecule has 0 aliphatic heterocycles. The minimum atomic E-state index is -4.08. The maximum Gasteiger partial charge on any atom is 0.251 e. The van der Waals surface area contributed by atoms with Crippen molar-refractivity contribution in [2.75, 3.05) is 25.5 Å². The molecule has 2 N–H and O–H groups in total. The fourth-order valence-electron chi connectivity index (χ4n) is 3.24. The molecule has 0 aliphatic rings. The first kappa shape index (κ1) is 23.5. The lowest BCUT2D eigenvalue weighted by atomic mass is 10.0. The van der Waals surface area contributed by atoms with Gasteiger partial charge in [0, 0.05) is 37.5 Å². The summed E-state index contributed by atoms with van der Waals surface area (Å²) in [5.74, 6) is 0.864. The molecular weight excluding hydrogens is 426 g/mol. The molecule has 1 unspecified atom stereocenters. The molecule has 0 spiro atoms. The Hall–Kier alpha value is -3.12. The molecule has 0 amide bonds. The van der Waals surface area contributed by atoms with Crippen molar-refractivity contribution in [2.45, 2.75) is 26.4 Å². The lowest BCUT2D eigenvalue weighted by Gasteiger charge is -2.13. The third-order valence-corrected chi connectivity index (χ3v) is 6.77. The number of nitriles is 1. The number of hydrogen-bond acceptors (Lipinski definition) is 6. The highest BCUT2D eigenvalue weighted by Gasteiger charge is 2.23. The Labute approximate surface area is 188 Å². The van der Waals surface area contributed by atoms with Crippen molar-refractivity contribution in [3.05, 3.63) is 59.2 Å². The summed E-state index contributed by atoms with van der Waals surface area (Å²) in [4.78, 5) is 1.61. The van der Waals surface area contributed by atoms with E-state index in [0.29, 0.717) is 17.9 Å². The fourth-order valence-corrected chi connectivity index (χ4v) is 4.42. The van der Waals surface area contributed by atoms with E-state index in [1.807, 2.05) is 49.3 Å². The fraction of sp³-hybridized carbons (Fsp3) is 0.292. The molecule has 1 atom stereocenters. The van der Waals surface area contributed by atoms with Crippen LogP contribution in [0.1, 0.15) is 26.0 Å². The van der Waals surface area contributed by atoms with Crippen LogP contribution in [0.15, 0.2) is 57.9 Å². The van der Waals surface area contributed by atoms with E-state index < -0.39 is 21.0 Å². The van der Waals surface area contributed by atoms with E-state index >= 15 is 0 Å². The summed E-state index contributed by atoms with van der Waals surface area (Å²) in [5, 5.41) is 21.3. The van der Waals surface area contributed by atoms with Gasteiger partial charge in [0.15, 0.2) is 4.91 Å². The molecule has 0 bridgehead atoms. The molecular formula is C24H27N3O4S. The van der Waals surface area contributed by atoms with Gasteiger partial charge in [-0.3, -0.25) is 0 Å². The molecule has 0 saturated carbocycles. The maximum atomic E-state index is 12.5. The molecule has 0 aliphatic carbocycles. The van der Waals surface area contributed by atoms with Gasteiger partial charge in [0.25, 0.3) is 10.0 Å². The first-order valence-corrected chi connectivity index (χ1v) is 11.7. The molecule has 0 saturated heterocycles. The van der Waals surface area contributed by atoms with Gasteiger partial charge in [0.2, 0.25) is 0 Å². The highest BCUT2D eigenvalue weighted by atomic mass is 32.2. The van der Waals surface area contributed by atoms with Gasteiger partial charge in [-0.25, -0.2) is 13.1 Å². The zero-order valence-electron chi connectivity index (χ0n) is 18.6. The number of aliphatic hydroxyl groups is 1. The number of furan rings is 1. The normalized spacial score (nSPS) is 13.5. The molecule has 1 heterocycles. The lowest BCUT2D eigenvalue weighted by Crippen LogP contribution is -2.32. The number of fused-ring (bicyclic) bond motifs is 1. The van der Waals surface area contributed by atoms with Crippen LogP contribution in [0.5, 0.6) is 0 Å². The molecule has 0 radical (unpaired) electrons. The van der Waals surface area contributed by atoms with Crippen molar-refractivity contribution >= 4 is 32.1 Å². The summed E-state index contributed by atoms with van der Waals surface area (Å²) in [6, 6.07) is 17.3. The van der Waals surface area contributed by atoms with E-state index in [-0.39, 0.29) is 12.1 Å². The highest BCUT2D eigenvalue weighted by molar-refractivity contribution is 7.93. The van der Waals surface area contributed by atoms with E-state index in [2.05, 4.69) is 10.8 Å². The second-order valence-corrected chi connectivity index (χ2v) is 9.49. The zero-order valence-corrected chi connectivity index (χ0v) is 19.4. The van der Waals surface area contributed by atoms with E-state index in [1.54, 1.807) is 25.1 Å². The smallest absolute Gasteiger partial charge is 0.251 e. The van der Waals surface area contributed by atoms with Gasteiger partial charge in [-0.2, -0.15) is 5.26 Å². The van der Waals surface area contributed by atoms with Crippen LogP contribution in [0, 0.1) is 11.3 Å². The summed E-state index contributed by atoms with van der Waals surface area (Å²) in [6.07, 6.45) is -0.418. The number of nitrogens with zero attached hydrogens (tertiary/aromatic N) is 2. The van der Waals surface area contributed by atoms with Gasteiger partial charge in [0.05, 0.1) is 6.10 Å². The Morgan fingerprint density at radius 3 is 2.50 bits per heavy atom. The number of nitrogens with one attached hydrogen (secondary N) is 1. The van der Waals surface area contributed by atoms with Gasteiger partial charge in [-0.05, 0) is 54.4 Å². The van der Waals surface area contributed by atoms with E-state index in [4.69, 9.17) is 4.42 Å². The number of anilines is 1. The maximum absolute atomic E-state index is 12.5. The Morgan fingerprint density at radius 1 is 1.16 bits per heavy atom. The predicted octanol–water partition coefficient (Wildman–Crippen LogP) is 4.11. The van der Waals surface area contributed by atoms with Crippen molar-refractivity contribution in [3.8, 4) is 17.4 Å². The second kappa shape index (κ2) is 9.57. The molecule has 1 aromatic heterocycles. The molecule has 32 heavy (non-hydrogen) atoms. The number of sulfonamides is 1. The van der Waals surface area contributed by atoms with Crippen molar-refractivity contribution in [1.82, 2.24) is 4.72 Å². The third-order valence-electron chi connectivity index (χ3n) is 5.29. The number of hydrogen-bond donors (Lipinski definition) is 2. The quantitative estimate of drug-likeness (QED) is 0.497. The first-order chi connectivity index (χ1) is 15.2. The molecule has 3 aromatic rings. The molecule has 8 heteroatoms. The molecule has 168 valence electrons. The van der Waals surface area contributed by atoms with Crippen LogP contribution in [0.2, 0.25) is 0 Å². The predicted molar refractivity (Wildman–Crippen MR) is 127 cm³/mol. The van der Waals surface area contributed by atoms with Crippen molar-refractivity contribution in [2.24, 2.45) is 0 Å². The second-order valence-electron chi connectivity index (χ2n) is 7.78. The van der Waals surface area contributed by atoms with Gasteiger partial charge in [-0.1, -0.05) is 25.1 Å². The molecule has 7 nitrogen and oxygen atoms in total. The summed E-state index contributed by atoms with van der Waals surface area (Å²) >= 11 is 0. The molecule has 3 rings (SSSR count). The summed E-state index contributed by atoms with van der Waals surface area (Å²) in [6.45, 7) is 3.11. The van der Waals surface area contributed by atoms with Crippen molar-refractivity contribution in [1.29, 1.82) is 5.26 Å². The Bertz CT molecular complexity index is 1300. The van der Waals surface area contributed by atoms with Crippen LogP contribution in [0.25, 0.3) is 27.7 Å². The van der Waals surface area contributed by atoms with Gasteiger partial charge in [0.1, 0.15) is 17.6 Å². The van der Waals surface area contributed by atoms with Crippen LogP contribution in [-0.4, -0.2) is 40.3 Å². The zero-order chi connectivity index (χ0) is 23.5. The van der Waals surface area contributed by atoms with E-state index in [9.17, 15) is 18.8 Å². The number of rotatable bonds is 8. The Kier molecular flexibility index (Phi) is 7.04. The van der Waals surface area contributed by atoms with Crippen molar-refractivity contribution < 1.29 is 17.9 Å². The first-order valence-electron chi connectivity index (χ1n) is 10.3. The van der Waals surface area contributed by atoms with Gasteiger partial charge >= 0.3 is 0 Å². The largest absolute Gasteiger partial charge is 0.456 e. The molecule has 2 aromatic carbocycles. The summed E-state index contributed by atoms with van der Waals surface area (Å²) in [7, 11) is -0.0898. The van der Waals surface area contributed by atoms with Crippen molar-refractivity contribution in [3.63, 3.8) is 0 Å². The van der Waals surface area contributed by atoms with Crippen LogP contribution in [0.4, 0.5) is 5.69 Å². The standard InChI is InChI=1S/C24H27N3O4S/c1-5-21(28)15-26-32(29,30)24(14-25)16(2)22-10-11-23(31-22)19-7-6-18-13-20(27(3)4)9-8-17(18)12-19/h6-13,21,26,28H,5,15H2,1-4H3/b24-16+. The van der Waals surface area contributed by atoms with Gasteiger partial charge < -0.3 is 14.4 Å². The van der Waals surface area contributed by atoms with E-state index in [1.165, 1.54) is 6.92 Å². The van der Waals surface area contributed by atoms with Gasteiger partial charge in [-0.15, -0.1) is 0 Å². The van der Waals surface area contributed by atoms with E-state index in [0.717, 1.165) is 22.0 Å². The third kappa shape index (κ3) is 5.02. The lowest BCUT2D eigenvalue weighted by molar-refractivity contribution is 0.174. The Morgan fingerprint density at radius 2 is 1.84 bits per heavy atom. The van der Waals surface area contributed by atoms with Crippen LogP contribution < -0.4 is 9.62 Å². The SMILES string of the molecule is CCC(O)CNS(=O)(=O)/C(C#N)=C(\C)c1ccc(-c2ccc3cc(N(C)C)ccc3c2)o1. The summed E-state index contributed by atoms with van der Waals surface area (Å²) < 4.78 is 33.3. The van der Waals surface area contributed by atoms with Crippen LogP contribution in [-0.2, 0) is 10.0 Å². The minimum absolute atomic E-state index is 0.159. The number of allylic oxidation sites excluding steroid dienone is 2. The average molecular weight is 454 g/mol. The summed E-state index contributed by atoms with van der Waals surface area (Å²) in [5.41, 5.74) is 2.16. The highest BCUT2D eigenvalue weighted by Crippen LogP contribution is 2.31. The minimum Gasteiger partial charge on any atom is -0.456 e. The monoisotopic (exact) mass is 453 g/mol. The number of benzene rings is 2. The molecule has 0 fully saturated rings. The van der Waals surface area contributed by atoms with Crippen LogP contribution in [0.3, 0.4) is 0 Å². The topological polar surface area (TPSA) is 107 Å². The average Bonchev–Trinajstić information content (AvgIpc) is 3.27.